The zero-order valence-electron chi connectivity index (χ0n) is 7.16. The van der Waals surface area contributed by atoms with E-state index in [0.717, 1.165) is 0 Å². The summed E-state index contributed by atoms with van der Waals surface area (Å²) in [5.74, 6) is -0.0877. The number of carbonyl (C=O) groups is 1. The number of hydrogen-bond acceptors (Lipinski definition) is 6. The maximum Gasteiger partial charge on any atom is 0.209 e. The van der Waals surface area contributed by atoms with Gasteiger partial charge in [-0.15, -0.1) is 0 Å². The maximum atomic E-state index is 9.99. The molecule has 0 spiro atoms. The molecular weight excluding hydrogens is 174 g/mol. The Morgan fingerprint density at radius 3 is 2.54 bits per heavy atom. The first-order valence-corrected chi connectivity index (χ1v) is 3.70. The summed E-state index contributed by atoms with van der Waals surface area (Å²) in [5.41, 5.74) is 15.9. The lowest BCUT2D eigenvalue weighted by atomic mass is 10.3. The fraction of sp³-hybridized carbons (Fsp3) is 0.500. The fourth-order valence-corrected chi connectivity index (χ4v) is 0.711. The van der Waals surface area contributed by atoms with E-state index in [4.69, 9.17) is 17.2 Å². The molecule has 7 heteroatoms. The van der Waals surface area contributed by atoms with Crippen LogP contribution in [0.1, 0.15) is 0 Å². The van der Waals surface area contributed by atoms with Gasteiger partial charge < -0.3 is 32.9 Å². The summed E-state index contributed by atoms with van der Waals surface area (Å²) >= 11 is 0. The lowest BCUT2D eigenvalue weighted by Gasteiger charge is -2.16. The molecule has 0 aliphatic heterocycles. The van der Waals surface area contributed by atoms with Crippen LogP contribution in [-0.4, -0.2) is 30.8 Å². The van der Waals surface area contributed by atoms with E-state index in [1.165, 1.54) is 0 Å². The third-order valence-corrected chi connectivity index (χ3v) is 1.27. The van der Waals surface area contributed by atoms with Crippen LogP contribution in [0.3, 0.4) is 0 Å². The van der Waals surface area contributed by atoms with Gasteiger partial charge in [0.25, 0.3) is 0 Å². The van der Waals surface area contributed by atoms with E-state index >= 15 is 0 Å². The number of rotatable bonds is 6. The van der Waals surface area contributed by atoms with Crippen molar-refractivity contribution in [3.63, 3.8) is 0 Å². The number of hydrogen-bond donors (Lipinski definition) is 6. The number of aliphatic hydroxyl groups excluding tert-OH is 1. The van der Waals surface area contributed by atoms with Gasteiger partial charge in [0.05, 0.1) is 0 Å². The van der Waals surface area contributed by atoms with Crippen LogP contribution >= 0.6 is 0 Å². The van der Waals surface area contributed by atoms with Crippen LogP contribution in [0.5, 0.6) is 0 Å². The summed E-state index contributed by atoms with van der Waals surface area (Å²) in [6.45, 7) is 0.773. The smallest absolute Gasteiger partial charge is 0.209 e. The predicted octanol–water partition coefficient (Wildman–Crippen LogP) is -3.31. The molecule has 1 unspecified atom stereocenters. The summed E-state index contributed by atoms with van der Waals surface area (Å²) in [5, 5.41) is 14.0. The molecule has 0 aromatic heterocycles. The molecule has 0 heterocycles. The first kappa shape index (κ1) is 11.5. The minimum atomic E-state index is -1.23. The number of nitrogens with two attached hydrogens (primary N) is 3. The van der Waals surface area contributed by atoms with E-state index in [-0.39, 0.29) is 11.5 Å². The van der Waals surface area contributed by atoms with Crippen molar-refractivity contribution in [2.75, 3.05) is 13.1 Å². The van der Waals surface area contributed by atoms with Gasteiger partial charge in [-0.2, -0.15) is 0 Å². The normalized spacial score (nSPS) is 11.5. The van der Waals surface area contributed by atoms with Crippen molar-refractivity contribution in [1.29, 1.82) is 0 Å². The highest BCUT2D eigenvalue weighted by Crippen LogP contribution is 1.94. The van der Waals surface area contributed by atoms with Crippen molar-refractivity contribution in [1.82, 2.24) is 10.6 Å². The molecule has 0 saturated carbocycles. The molecule has 0 bridgehead atoms. The summed E-state index contributed by atoms with van der Waals surface area (Å²) in [7, 11) is 0. The van der Waals surface area contributed by atoms with Crippen LogP contribution in [0.2, 0.25) is 0 Å². The topological polar surface area (TPSA) is 139 Å². The van der Waals surface area contributed by atoms with Gasteiger partial charge in [-0.1, -0.05) is 0 Å². The van der Waals surface area contributed by atoms with Gasteiger partial charge in [0, 0.05) is 13.1 Å². The second-order valence-electron chi connectivity index (χ2n) is 2.27. The molecule has 13 heavy (non-hydrogen) atoms. The van der Waals surface area contributed by atoms with E-state index in [9.17, 15) is 9.90 Å². The molecule has 0 saturated heterocycles. The number of aliphatic hydroxyl groups is 1. The van der Waals surface area contributed by atoms with Crippen molar-refractivity contribution < 1.29 is 9.90 Å². The van der Waals surface area contributed by atoms with E-state index in [1.54, 1.807) is 0 Å². The van der Waals surface area contributed by atoms with Gasteiger partial charge in [-0.3, -0.25) is 4.79 Å². The molecule has 1 amide bonds. The average Bonchev–Trinajstić information content (AvgIpc) is 2.05. The Labute approximate surface area is 75.9 Å². The van der Waals surface area contributed by atoms with Gasteiger partial charge in [-0.05, 0) is 0 Å². The van der Waals surface area contributed by atoms with Crippen molar-refractivity contribution in [2.24, 2.45) is 17.2 Å². The third-order valence-electron chi connectivity index (χ3n) is 1.27. The van der Waals surface area contributed by atoms with Crippen LogP contribution in [0.15, 0.2) is 11.5 Å². The first-order chi connectivity index (χ1) is 6.13. The first-order valence-electron chi connectivity index (χ1n) is 3.70. The summed E-state index contributed by atoms with van der Waals surface area (Å²) < 4.78 is 0. The lowest BCUT2D eigenvalue weighted by Crippen LogP contribution is -2.40. The maximum absolute atomic E-state index is 9.99. The fourth-order valence-electron chi connectivity index (χ4n) is 0.711. The highest BCUT2D eigenvalue weighted by molar-refractivity contribution is 5.47. The van der Waals surface area contributed by atoms with Crippen molar-refractivity contribution in [3.8, 4) is 0 Å². The molecule has 9 N–H and O–H groups in total. The van der Waals surface area contributed by atoms with E-state index in [0.29, 0.717) is 19.5 Å². The molecule has 76 valence electrons. The van der Waals surface area contributed by atoms with Gasteiger partial charge >= 0.3 is 0 Å². The van der Waals surface area contributed by atoms with Gasteiger partial charge in [0.1, 0.15) is 11.5 Å². The number of nitrogens with one attached hydrogen (secondary N) is 2. The number of amides is 1. The van der Waals surface area contributed by atoms with Crippen LogP contribution in [0.25, 0.3) is 0 Å². The minimum Gasteiger partial charge on any atom is -0.384 e. The molecule has 0 aromatic rings. The van der Waals surface area contributed by atoms with E-state index in [1.807, 2.05) is 0 Å². The average molecular weight is 189 g/mol. The van der Waals surface area contributed by atoms with Crippen LogP contribution < -0.4 is 27.8 Å². The molecule has 0 aliphatic carbocycles. The predicted molar refractivity (Wildman–Crippen MR) is 47.7 cm³/mol. The van der Waals surface area contributed by atoms with Crippen molar-refractivity contribution in [3.05, 3.63) is 11.5 Å². The molecule has 7 nitrogen and oxygen atoms in total. The van der Waals surface area contributed by atoms with Gasteiger partial charge in [0.15, 0.2) is 6.23 Å². The second-order valence-corrected chi connectivity index (χ2v) is 2.27. The van der Waals surface area contributed by atoms with Gasteiger partial charge in [-0.25, -0.2) is 0 Å². The molecule has 0 aliphatic rings. The van der Waals surface area contributed by atoms with Crippen LogP contribution in [0.4, 0.5) is 0 Å². The Kier molecular flexibility index (Phi) is 5.40. The quantitative estimate of drug-likeness (QED) is 0.191. The summed E-state index contributed by atoms with van der Waals surface area (Å²) in [4.78, 5) is 9.99. The highest BCUT2D eigenvalue weighted by atomic mass is 16.3. The highest BCUT2D eigenvalue weighted by Gasteiger charge is 2.11. The lowest BCUT2D eigenvalue weighted by molar-refractivity contribution is -0.111. The third kappa shape index (κ3) is 4.19. The zero-order chi connectivity index (χ0) is 10.3. The van der Waals surface area contributed by atoms with Gasteiger partial charge in [0.2, 0.25) is 6.41 Å². The largest absolute Gasteiger partial charge is 0.384 e. The summed E-state index contributed by atoms with van der Waals surface area (Å²) in [6.07, 6.45) is -0.883. The molecular formula is C6H15N5O2. The zero-order valence-corrected chi connectivity index (χ0v) is 7.16. The standard InChI is InChI=1S/C6H15N5O2/c7-1-2-10-4(5(8)9)6(13)11-3-12/h3,6,10,13H,1-2,7-9H2,(H,11,12). The monoisotopic (exact) mass is 189 g/mol. The Balaban J connectivity index is 4.25. The second kappa shape index (κ2) is 6.09. The Morgan fingerprint density at radius 2 is 2.15 bits per heavy atom. The Bertz CT molecular complexity index is 189. The number of carbonyl (C=O) groups excluding carboxylic acids is 1. The molecule has 1 atom stereocenters. The van der Waals surface area contributed by atoms with E-state index in [2.05, 4.69) is 10.6 Å². The molecule has 0 radical (unpaired) electrons. The minimum absolute atomic E-state index is 0.0877. The Hall–Kier alpha value is -1.47. The van der Waals surface area contributed by atoms with Crippen molar-refractivity contribution >= 4 is 6.41 Å². The van der Waals surface area contributed by atoms with Crippen LogP contribution in [0, 0.1) is 0 Å². The van der Waals surface area contributed by atoms with Crippen LogP contribution in [-0.2, 0) is 4.79 Å². The molecule has 0 rings (SSSR count). The summed E-state index contributed by atoms with van der Waals surface area (Å²) in [6, 6.07) is 0. The Morgan fingerprint density at radius 1 is 1.54 bits per heavy atom. The van der Waals surface area contributed by atoms with E-state index < -0.39 is 6.23 Å². The van der Waals surface area contributed by atoms with Crippen molar-refractivity contribution in [2.45, 2.75) is 6.23 Å². The SMILES string of the molecule is NCCNC(=C(N)N)C(O)NC=O. The molecule has 0 aromatic carbocycles. The molecule has 0 fully saturated rings.